The van der Waals surface area contributed by atoms with Crippen LogP contribution in [-0.4, -0.2) is 37.2 Å². The van der Waals surface area contributed by atoms with E-state index >= 15 is 0 Å². The average molecular weight is 211 g/mol. The molecule has 0 aromatic carbocycles. The van der Waals surface area contributed by atoms with Crippen LogP contribution in [0.1, 0.15) is 45.4 Å². The molecule has 0 radical (unpaired) electrons. The summed E-state index contributed by atoms with van der Waals surface area (Å²) in [7, 11) is 2.33. The van der Waals surface area contributed by atoms with E-state index in [2.05, 4.69) is 18.9 Å². The van der Waals surface area contributed by atoms with E-state index < -0.39 is 0 Å². The highest BCUT2D eigenvalue weighted by molar-refractivity contribution is 4.82. The van der Waals surface area contributed by atoms with Crippen LogP contribution in [0.15, 0.2) is 0 Å². The highest BCUT2D eigenvalue weighted by Crippen LogP contribution is 2.29. The first-order chi connectivity index (χ1) is 7.27. The molecule has 1 saturated heterocycles. The molecule has 2 heteroatoms. The van der Waals surface area contributed by atoms with Crippen molar-refractivity contribution in [2.24, 2.45) is 5.92 Å². The van der Waals surface area contributed by atoms with Crippen LogP contribution in [0, 0.1) is 5.92 Å². The van der Waals surface area contributed by atoms with Gasteiger partial charge in [0.1, 0.15) is 0 Å². The third-order valence-corrected chi connectivity index (χ3v) is 4.33. The van der Waals surface area contributed by atoms with E-state index in [4.69, 9.17) is 4.74 Å². The Kier molecular flexibility index (Phi) is 4.04. The van der Waals surface area contributed by atoms with Gasteiger partial charge < -0.3 is 9.64 Å². The van der Waals surface area contributed by atoms with E-state index in [9.17, 15) is 0 Å². The molecule has 0 amide bonds. The van der Waals surface area contributed by atoms with Gasteiger partial charge in [-0.1, -0.05) is 6.92 Å². The summed E-state index contributed by atoms with van der Waals surface area (Å²) in [6.45, 7) is 4.33. The molecule has 0 bridgehead atoms. The van der Waals surface area contributed by atoms with Crippen molar-refractivity contribution >= 4 is 0 Å². The number of rotatable bonds is 2. The van der Waals surface area contributed by atoms with Crippen molar-refractivity contribution in [3.8, 4) is 0 Å². The molecule has 2 nitrogen and oxygen atoms in total. The van der Waals surface area contributed by atoms with Gasteiger partial charge in [0.15, 0.2) is 0 Å². The van der Waals surface area contributed by atoms with Gasteiger partial charge in [0.2, 0.25) is 0 Å². The summed E-state index contributed by atoms with van der Waals surface area (Å²) in [6, 6.07) is 1.64. The molecule has 2 rings (SSSR count). The Labute approximate surface area is 94.0 Å². The van der Waals surface area contributed by atoms with Crippen LogP contribution >= 0.6 is 0 Å². The SMILES string of the molecule is CC1CCC(N(C)C2CCOCC2)CC1. The zero-order chi connectivity index (χ0) is 10.7. The number of hydrogen-bond donors (Lipinski definition) is 0. The van der Waals surface area contributed by atoms with Gasteiger partial charge in [-0.15, -0.1) is 0 Å². The second-order valence-corrected chi connectivity index (χ2v) is 5.42. The summed E-state index contributed by atoms with van der Waals surface area (Å²) in [4.78, 5) is 2.65. The summed E-state index contributed by atoms with van der Waals surface area (Å²) in [6.07, 6.45) is 8.16. The Morgan fingerprint density at radius 1 is 0.867 bits per heavy atom. The van der Waals surface area contributed by atoms with E-state index in [0.29, 0.717) is 0 Å². The Morgan fingerprint density at radius 2 is 1.40 bits per heavy atom. The molecule has 1 aliphatic heterocycles. The molecule has 0 atom stereocenters. The lowest BCUT2D eigenvalue weighted by molar-refractivity contribution is 0.0195. The normalized spacial score (nSPS) is 34.6. The summed E-state index contributed by atoms with van der Waals surface area (Å²) >= 11 is 0. The molecule has 2 fully saturated rings. The van der Waals surface area contributed by atoms with Gasteiger partial charge in [-0.25, -0.2) is 0 Å². The van der Waals surface area contributed by atoms with Crippen LogP contribution in [0.5, 0.6) is 0 Å². The minimum atomic E-state index is 0.789. The molecule has 0 unspecified atom stereocenters. The number of hydrogen-bond acceptors (Lipinski definition) is 2. The van der Waals surface area contributed by atoms with E-state index in [-0.39, 0.29) is 0 Å². The topological polar surface area (TPSA) is 12.5 Å². The monoisotopic (exact) mass is 211 g/mol. The molecule has 1 saturated carbocycles. The van der Waals surface area contributed by atoms with E-state index in [1.54, 1.807) is 0 Å². The fraction of sp³-hybridized carbons (Fsp3) is 1.00. The van der Waals surface area contributed by atoms with E-state index in [1.165, 1.54) is 38.5 Å². The first-order valence-corrected chi connectivity index (χ1v) is 6.57. The van der Waals surface area contributed by atoms with Crippen molar-refractivity contribution in [2.75, 3.05) is 20.3 Å². The molecule has 0 aromatic heterocycles. The maximum Gasteiger partial charge on any atom is 0.0480 e. The summed E-state index contributed by atoms with van der Waals surface area (Å²) in [5.74, 6) is 0.962. The Morgan fingerprint density at radius 3 is 2.00 bits per heavy atom. The van der Waals surface area contributed by atoms with Crippen LogP contribution in [-0.2, 0) is 4.74 Å². The molecule has 0 N–H and O–H groups in total. The standard InChI is InChI=1S/C13H25NO/c1-11-3-5-12(6-4-11)14(2)13-7-9-15-10-8-13/h11-13H,3-10H2,1-2H3. The van der Waals surface area contributed by atoms with Crippen LogP contribution in [0.4, 0.5) is 0 Å². The molecule has 15 heavy (non-hydrogen) atoms. The highest BCUT2D eigenvalue weighted by atomic mass is 16.5. The Bertz CT molecular complexity index is 181. The van der Waals surface area contributed by atoms with Crippen molar-refractivity contribution < 1.29 is 4.74 Å². The summed E-state index contributed by atoms with van der Waals surface area (Å²) in [5, 5.41) is 0. The maximum absolute atomic E-state index is 5.43. The maximum atomic E-state index is 5.43. The van der Waals surface area contributed by atoms with Gasteiger partial charge in [0.05, 0.1) is 0 Å². The van der Waals surface area contributed by atoms with E-state index in [0.717, 1.165) is 31.2 Å². The lowest BCUT2D eigenvalue weighted by Crippen LogP contribution is -2.44. The summed E-state index contributed by atoms with van der Waals surface area (Å²) < 4.78 is 5.43. The molecular weight excluding hydrogens is 186 g/mol. The van der Waals surface area contributed by atoms with Gasteiger partial charge in [-0.2, -0.15) is 0 Å². The molecule has 2 aliphatic rings. The third-order valence-electron chi connectivity index (χ3n) is 4.33. The average Bonchev–Trinajstić information content (AvgIpc) is 2.30. The number of ether oxygens (including phenoxy) is 1. The van der Waals surface area contributed by atoms with E-state index in [1.807, 2.05) is 0 Å². The lowest BCUT2D eigenvalue weighted by Gasteiger charge is -2.40. The first-order valence-electron chi connectivity index (χ1n) is 6.57. The van der Waals surface area contributed by atoms with Gasteiger partial charge in [0.25, 0.3) is 0 Å². The third kappa shape index (κ3) is 2.94. The Hall–Kier alpha value is -0.0800. The molecular formula is C13H25NO. The van der Waals surface area contributed by atoms with Gasteiger partial charge in [-0.3, -0.25) is 0 Å². The van der Waals surface area contributed by atoms with Crippen LogP contribution in [0.2, 0.25) is 0 Å². The first kappa shape index (κ1) is 11.4. The van der Waals surface area contributed by atoms with Gasteiger partial charge in [0, 0.05) is 25.3 Å². The van der Waals surface area contributed by atoms with Crippen LogP contribution in [0.3, 0.4) is 0 Å². The van der Waals surface area contributed by atoms with Crippen molar-refractivity contribution in [1.29, 1.82) is 0 Å². The fourth-order valence-corrected chi connectivity index (χ4v) is 3.04. The molecule has 0 aromatic rings. The predicted molar refractivity (Wildman–Crippen MR) is 63.0 cm³/mol. The predicted octanol–water partition coefficient (Wildman–Crippen LogP) is 2.68. The molecule has 88 valence electrons. The largest absolute Gasteiger partial charge is 0.381 e. The van der Waals surface area contributed by atoms with Crippen molar-refractivity contribution in [1.82, 2.24) is 4.90 Å². The Balaban J connectivity index is 1.81. The van der Waals surface area contributed by atoms with Crippen molar-refractivity contribution in [3.63, 3.8) is 0 Å². The van der Waals surface area contributed by atoms with Gasteiger partial charge in [-0.05, 0) is 51.5 Å². The van der Waals surface area contributed by atoms with Crippen LogP contribution < -0.4 is 0 Å². The number of nitrogens with zero attached hydrogens (tertiary/aromatic N) is 1. The smallest absolute Gasteiger partial charge is 0.0480 e. The van der Waals surface area contributed by atoms with Crippen molar-refractivity contribution in [2.45, 2.75) is 57.5 Å². The summed E-state index contributed by atoms with van der Waals surface area (Å²) in [5.41, 5.74) is 0. The zero-order valence-corrected chi connectivity index (χ0v) is 10.2. The van der Waals surface area contributed by atoms with Crippen molar-refractivity contribution in [3.05, 3.63) is 0 Å². The highest BCUT2D eigenvalue weighted by Gasteiger charge is 2.27. The lowest BCUT2D eigenvalue weighted by atomic mass is 9.86. The van der Waals surface area contributed by atoms with Gasteiger partial charge >= 0.3 is 0 Å². The fourth-order valence-electron chi connectivity index (χ4n) is 3.04. The van der Waals surface area contributed by atoms with Crippen LogP contribution in [0.25, 0.3) is 0 Å². The molecule has 1 aliphatic carbocycles. The second kappa shape index (κ2) is 5.31. The molecule has 1 heterocycles. The molecule has 0 spiro atoms. The minimum Gasteiger partial charge on any atom is -0.381 e. The second-order valence-electron chi connectivity index (χ2n) is 5.42. The quantitative estimate of drug-likeness (QED) is 0.696. The zero-order valence-electron chi connectivity index (χ0n) is 10.2. The minimum absolute atomic E-state index is 0.789.